The van der Waals surface area contributed by atoms with Gasteiger partial charge < -0.3 is 10.1 Å². The van der Waals surface area contributed by atoms with Gasteiger partial charge in [0.1, 0.15) is 6.26 Å². The number of ether oxygens (including phenoxy) is 1. The number of carbonyl (C=O) groups is 2. The Morgan fingerprint density at radius 3 is 2.75 bits per heavy atom. The Balaban J connectivity index is 2.62. The normalized spacial score (nSPS) is 20.7. The fraction of sp³-hybridized carbons (Fsp3) is 0.667. The second-order valence-corrected chi connectivity index (χ2v) is 5.00. The van der Waals surface area contributed by atoms with Crippen LogP contribution in [0.25, 0.3) is 0 Å². The first-order valence-corrected chi connectivity index (χ1v) is 5.55. The summed E-state index contributed by atoms with van der Waals surface area (Å²) in [7, 11) is 0. The van der Waals surface area contributed by atoms with Gasteiger partial charge in [0, 0.05) is 18.5 Å². The van der Waals surface area contributed by atoms with Crippen LogP contribution in [0.2, 0.25) is 0 Å². The highest BCUT2D eigenvalue weighted by atomic mass is 16.5. The minimum Gasteiger partial charge on any atom is -0.434 e. The summed E-state index contributed by atoms with van der Waals surface area (Å²) in [5, 5.41) is 3.11. The number of esters is 1. The van der Waals surface area contributed by atoms with Gasteiger partial charge in [-0.3, -0.25) is 9.59 Å². The van der Waals surface area contributed by atoms with Crippen LogP contribution in [-0.4, -0.2) is 24.8 Å². The van der Waals surface area contributed by atoms with Crippen molar-refractivity contribution in [2.75, 3.05) is 13.1 Å². The van der Waals surface area contributed by atoms with Gasteiger partial charge in [0.2, 0.25) is 0 Å². The summed E-state index contributed by atoms with van der Waals surface area (Å²) < 4.78 is 5.01. The molecule has 1 aliphatic rings. The maximum absolute atomic E-state index is 11.6. The fourth-order valence-electron chi connectivity index (χ4n) is 1.26. The summed E-state index contributed by atoms with van der Waals surface area (Å²) in [6, 6.07) is 0. The summed E-state index contributed by atoms with van der Waals surface area (Å²) in [5.41, 5.74) is 0.00763. The molecule has 0 aromatic heterocycles. The third kappa shape index (κ3) is 3.77. The number of nitrogens with one attached hydrogen (secondary N) is 1. The van der Waals surface area contributed by atoms with Crippen LogP contribution in [0.4, 0.5) is 0 Å². The van der Waals surface area contributed by atoms with Crippen LogP contribution >= 0.6 is 0 Å². The number of hydrogen-bond donors (Lipinski definition) is 1. The Bertz CT molecular complexity index is 313. The zero-order valence-corrected chi connectivity index (χ0v) is 10.1. The second-order valence-electron chi connectivity index (χ2n) is 5.00. The quantitative estimate of drug-likeness (QED) is 0.416. The van der Waals surface area contributed by atoms with Crippen molar-refractivity contribution in [2.24, 2.45) is 5.41 Å². The van der Waals surface area contributed by atoms with Crippen molar-refractivity contribution in [2.45, 2.75) is 33.6 Å². The van der Waals surface area contributed by atoms with Gasteiger partial charge in [-0.1, -0.05) is 0 Å². The number of hydrogen-bond acceptors (Lipinski definition) is 4. The number of Topliss-reactive ketones (excluding diaryl/α,β-unsaturated/α-hetero) is 1. The summed E-state index contributed by atoms with van der Waals surface area (Å²) in [5.74, 6) is -0.260. The highest BCUT2D eigenvalue weighted by molar-refractivity contribution is 5.96. The van der Waals surface area contributed by atoms with E-state index in [1.807, 2.05) is 0 Å². The van der Waals surface area contributed by atoms with Crippen molar-refractivity contribution in [3.63, 3.8) is 0 Å². The SMILES string of the molecule is CC(C)(C)C(=O)O/C=C1\CNCCCC1=O. The molecule has 0 aliphatic carbocycles. The van der Waals surface area contributed by atoms with Crippen molar-refractivity contribution in [3.8, 4) is 0 Å². The smallest absolute Gasteiger partial charge is 0.316 e. The molecule has 0 radical (unpaired) electrons. The topological polar surface area (TPSA) is 55.4 Å². The lowest BCUT2D eigenvalue weighted by Crippen LogP contribution is -2.22. The van der Waals surface area contributed by atoms with E-state index in [2.05, 4.69) is 5.32 Å². The minimum atomic E-state index is -0.543. The zero-order chi connectivity index (χ0) is 12.2. The number of rotatable bonds is 1. The highest BCUT2D eigenvalue weighted by Gasteiger charge is 2.23. The molecule has 16 heavy (non-hydrogen) atoms. The van der Waals surface area contributed by atoms with Crippen LogP contribution in [0.5, 0.6) is 0 Å². The first-order chi connectivity index (χ1) is 7.41. The molecule has 1 aliphatic heterocycles. The molecule has 1 fully saturated rings. The van der Waals surface area contributed by atoms with Crippen molar-refractivity contribution in [1.29, 1.82) is 0 Å². The number of ketones is 1. The van der Waals surface area contributed by atoms with Crippen molar-refractivity contribution in [3.05, 3.63) is 11.8 Å². The van der Waals surface area contributed by atoms with E-state index in [1.54, 1.807) is 20.8 Å². The Morgan fingerprint density at radius 1 is 1.44 bits per heavy atom. The lowest BCUT2D eigenvalue weighted by Gasteiger charge is -2.14. The maximum Gasteiger partial charge on any atom is 0.316 e. The van der Waals surface area contributed by atoms with Crippen molar-refractivity contribution >= 4 is 11.8 Å². The van der Waals surface area contributed by atoms with Crippen LogP contribution < -0.4 is 5.32 Å². The molecule has 4 heteroatoms. The van der Waals surface area contributed by atoms with Crippen molar-refractivity contribution < 1.29 is 14.3 Å². The van der Waals surface area contributed by atoms with Gasteiger partial charge in [-0.05, 0) is 33.7 Å². The molecule has 0 aromatic carbocycles. The van der Waals surface area contributed by atoms with Crippen LogP contribution in [-0.2, 0) is 14.3 Å². The highest BCUT2D eigenvalue weighted by Crippen LogP contribution is 2.16. The fourth-order valence-corrected chi connectivity index (χ4v) is 1.26. The maximum atomic E-state index is 11.6. The molecule has 0 atom stereocenters. The molecule has 0 spiro atoms. The number of carbonyl (C=O) groups excluding carboxylic acids is 2. The second kappa shape index (κ2) is 5.25. The molecule has 0 aromatic rings. The van der Waals surface area contributed by atoms with E-state index in [4.69, 9.17) is 4.74 Å². The zero-order valence-electron chi connectivity index (χ0n) is 10.1. The van der Waals surface area contributed by atoms with Crippen LogP contribution in [0, 0.1) is 5.41 Å². The third-order valence-corrected chi connectivity index (χ3v) is 2.35. The van der Waals surface area contributed by atoms with Gasteiger partial charge in [0.05, 0.1) is 5.41 Å². The van der Waals surface area contributed by atoms with E-state index < -0.39 is 5.41 Å². The van der Waals surface area contributed by atoms with E-state index >= 15 is 0 Å². The van der Waals surface area contributed by atoms with Crippen LogP contribution in [0.15, 0.2) is 11.8 Å². The third-order valence-electron chi connectivity index (χ3n) is 2.35. The summed E-state index contributed by atoms with van der Waals surface area (Å²) in [6.45, 7) is 6.65. The van der Waals surface area contributed by atoms with Gasteiger partial charge >= 0.3 is 5.97 Å². The van der Waals surface area contributed by atoms with Gasteiger partial charge in [-0.2, -0.15) is 0 Å². The van der Waals surface area contributed by atoms with E-state index in [1.165, 1.54) is 6.26 Å². The first kappa shape index (κ1) is 12.9. The largest absolute Gasteiger partial charge is 0.434 e. The molecule has 0 unspecified atom stereocenters. The van der Waals surface area contributed by atoms with E-state index in [9.17, 15) is 9.59 Å². The van der Waals surface area contributed by atoms with Gasteiger partial charge in [-0.25, -0.2) is 0 Å². The first-order valence-electron chi connectivity index (χ1n) is 5.55. The molecule has 0 amide bonds. The lowest BCUT2D eigenvalue weighted by molar-refractivity contribution is -0.147. The predicted molar refractivity (Wildman–Crippen MR) is 60.7 cm³/mol. The van der Waals surface area contributed by atoms with E-state index in [0.717, 1.165) is 13.0 Å². The van der Waals surface area contributed by atoms with Gasteiger partial charge in [0.25, 0.3) is 0 Å². The Kier molecular flexibility index (Phi) is 4.24. The standard InChI is InChI=1S/C12H19NO3/c1-12(2,3)11(15)16-8-9-7-13-6-4-5-10(9)14/h8,13H,4-7H2,1-3H3/b9-8+. The molecule has 1 heterocycles. The monoisotopic (exact) mass is 225 g/mol. The molecule has 1 saturated heterocycles. The molecular formula is C12H19NO3. The molecule has 4 nitrogen and oxygen atoms in total. The molecular weight excluding hydrogens is 206 g/mol. The molecule has 0 saturated carbocycles. The van der Waals surface area contributed by atoms with Crippen molar-refractivity contribution in [1.82, 2.24) is 5.32 Å². The predicted octanol–water partition coefficient (Wildman–Crippen LogP) is 1.41. The van der Waals surface area contributed by atoms with Gasteiger partial charge in [-0.15, -0.1) is 0 Å². The van der Waals surface area contributed by atoms with E-state index in [0.29, 0.717) is 18.5 Å². The molecule has 1 N–H and O–H groups in total. The average molecular weight is 225 g/mol. The molecule has 90 valence electrons. The Morgan fingerprint density at radius 2 is 2.12 bits per heavy atom. The van der Waals surface area contributed by atoms with E-state index in [-0.39, 0.29) is 11.8 Å². The Labute approximate surface area is 96.0 Å². The summed E-state index contributed by atoms with van der Waals surface area (Å²) in [6.07, 6.45) is 2.66. The molecule has 1 rings (SSSR count). The van der Waals surface area contributed by atoms with Crippen LogP contribution in [0.3, 0.4) is 0 Å². The average Bonchev–Trinajstić information content (AvgIpc) is 2.38. The Hall–Kier alpha value is -1.16. The van der Waals surface area contributed by atoms with Gasteiger partial charge in [0.15, 0.2) is 5.78 Å². The van der Waals surface area contributed by atoms with Crippen LogP contribution in [0.1, 0.15) is 33.6 Å². The molecule has 0 bridgehead atoms. The summed E-state index contributed by atoms with van der Waals surface area (Å²) >= 11 is 0. The summed E-state index contributed by atoms with van der Waals surface area (Å²) in [4.78, 5) is 23.1. The lowest BCUT2D eigenvalue weighted by atomic mass is 9.97. The minimum absolute atomic E-state index is 0.0618.